The quantitative estimate of drug-likeness (QED) is 0.321. The van der Waals surface area contributed by atoms with E-state index in [1.807, 2.05) is 13.2 Å². The molecule has 0 bridgehead atoms. The first-order valence-electron chi connectivity index (χ1n) is 11.7. The lowest BCUT2D eigenvalue weighted by atomic mass is 10.2. The summed E-state index contributed by atoms with van der Waals surface area (Å²) >= 11 is 0. The molecule has 2 saturated heterocycles. The number of aliphatic imine (C=N–C) groups is 1. The molecule has 8 heteroatoms. The number of rotatable bonds is 6. The molecular weight excluding hydrogens is 525 g/mol. The summed E-state index contributed by atoms with van der Waals surface area (Å²) in [6.45, 7) is 9.31. The zero-order valence-corrected chi connectivity index (χ0v) is 22.4. The normalized spacial score (nSPS) is 22.2. The highest BCUT2D eigenvalue weighted by Gasteiger charge is 2.29. The number of guanidine groups is 1. The second-order valence-corrected chi connectivity index (χ2v) is 9.08. The minimum absolute atomic E-state index is 0. The smallest absolute Gasteiger partial charge is 0.191 e. The van der Waals surface area contributed by atoms with Crippen LogP contribution in [-0.2, 0) is 13.1 Å². The van der Waals surface area contributed by atoms with Crippen LogP contribution in [0.3, 0.4) is 0 Å². The lowest BCUT2D eigenvalue weighted by Crippen LogP contribution is -2.45. The summed E-state index contributed by atoms with van der Waals surface area (Å²) in [5, 5.41) is 7.13. The predicted molar refractivity (Wildman–Crippen MR) is 147 cm³/mol. The second-order valence-electron chi connectivity index (χ2n) is 9.08. The van der Waals surface area contributed by atoms with Gasteiger partial charge >= 0.3 is 0 Å². The fraction of sp³-hybridized carbons (Fsp3) is 0.520. The van der Waals surface area contributed by atoms with Gasteiger partial charge in [-0.1, -0.05) is 30.3 Å². The topological polar surface area (TPSA) is 59.0 Å². The van der Waals surface area contributed by atoms with Gasteiger partial charge in [0.2, 0.25) is 0 Å². The van der Waals surface area contributed by atoms with Crippen molar-refractivity contribution in [2.75, 3.05) is 51.7 Å². The van der Waals surface area contributed by atoms with Crippen LogP contribution in [0.5, 0.6) is 0 Å². The SMILES string of the molecule is CN=C(NCc1ccnc(N2CCN(C)CC2)c1)NC1CC(C)N(Cc2ccccc2)C1.I. The minimum atomic E-state index is 0. The molecule has 0 amide bonds. The van der Waals surface area contributed by atoms with E-state index in [0.717, 1.165) is 64.0 Å². The van der Waals surface area contributed by atoms with Gasteiger partial charge in [0, 0.05) is 71.1 Å². The maximum absolute atomic E-state index is 4.60. The van der Waals surface area contributed by atoms with Crippen molar-refractivity contribution in [3.05, 3.63) is 59.8 Å². The van der Waals surface area contributed by atoms with E-state index in [2.05, 4.69) is 91.7 Å². The number of halogens is 1. The summed E-state index contributed by atoms with van der Waals surface area (Å²) in [7, 11) is 4.02. The van der Waals surface area contributed by atoms with Crippen LogP contribution in [0.25, 0.3) is 0 Å². The molecule has 2 fully saturated rings. The third-order valence-electron chi connectivity index (χ3n) is 6.59. The van der Waals surface area contributed by atoms with Crippen LogP contribution in [0.2, 0.25) is 0 Å². The molecular formula is C25H38IN7. The van der Waals surface area contributed by atoms with E-state index in [9.17, 15) is 0 Å². The van der Waals surface area contributed by atoms with E-state index in [1.54, 1.807) is 0 Å². The van der Waals surface area contributed by atoms with E-state index >= 15 is 0 Å². The molecule has 1 aromatic carbocycles. The van der Waals surface area contributed by atoms with Crippen molar-refractivity contribution < 1.29 is 0 Å². The number of hydrogen-bond acceptors (Lipinski definition) is 5. The van der Waals surface area contributed by atoms with Crippen molar-refractivity contribution in [3.8, 4) is 0 Å². The summed E-state index contributed by atoms with van der Waals surface area (Å²) in [4.78, 5) is 16.3. The van der Waals surface area contributed by atoms with Gasteiger partial charge in [0.15, 0.2) is 5.96 Å². The molecule has 2 aromatic rings. The molecule has 2 atom stereocenters. The van der Waals surface area contributed by atoms with Gasteiger partial charge < -0.3 is 20.4 Å². The number of piperazine rings is 1. The standard InChI is InChI=1S/C25H37N7.HI/c1-20-15-23(19-32(20)18-21-7-5-4-6-8-21)29-25(26-2)28-17-22-9-10-27-24(16-22)31-13-11-30(3)12-14-31;/h4-10,16,20,23H,11-15,17-19H2,1-3H3,(H2,26,28,29);1H. The van der Waals surface area contributed by atoms with E-state index in [0.29, 0.717) is 12.1 Å². The summed E-state index contributed by atoms with van der Waals surface area (Å²) in [6, 6.07) is 16.0. The highest BCUT2D eigenvalue weighted by atomic mass is 127. The van der Waals surface area contributed by atoms with Gasteiger partial charge in [-0.25, -0.2) is 4.98 Å². The van der Waals surface area contributed by atoms with Crippen LogP contribution in [0.4, 0.5) is 5.82 Å². The largest absolute Gasteiger partial charge is 0.354 e. The molecule has 2 N–H and O–H groups in total. The number of pyridine rings is 1. The summed E-state index contributed by atoms with van der Waals surface area (Å²) < 4.78 is 0. The molecule has 33 heavy (non-hydrogen) atoms. The predicted octanol–water partition coefficient (Wildman–Crippen LogP) is 2.78. The first-order chi connectivity index (χ1) is 15.6. The van der Waals surface area contributed by atoms with E-state index in [4.69, 9.17) is 0 Å². The van der Waals surface area contributed by atoms with E-state index in [-0.39, 0.29) is 24.0 Å². The Labute approximate surface area is 215 Å². The van der Waals surface area contributed by atoms with Gasteiger partial charge in [0.1, 0.15) is 5.82 Å². The molecule has 2 unspecified atom stereocenters. The van der Waals surface area contributed by atoms with Crippen molar-refractivity contribution in [1.29, 1.82) is 0 Å². The molecule has 1 aromatic heterocycles. The highest BCUT2D eigenvalue weighted by molar-refractivity contribution is 14.0. The lowest BCUT2D eigenvalue weighted by molar-refractivity contribution is 0.258. The van der Waals surface area contributed by atoms with Crippen LogP contribution >= 0.6 is 24.0 Å². The lowest BCUT2D eigenvalue weighted by Gasteiger charge is -2.33. The summed E-state index contributed by atoms with van der Waals surface area (Å²) in [5.74, 6) is 1.93. The zero-order chi connectivity index (χ0) is 22.3. The van der Waals surface area contributed by atoms with Crippen LogP contribution in [0, 0.1) is 0 Å². The summed E-state index contributed by atoms with van der Waals surface area (Å²) in [6.07, 6.45) is 3.04. The first kappa shape index (κ1) is 25.7. The maximum Gasteiger partial charge on any atom is 0.191 e. The molecule has 7 nitrogen and oxygen atoms in total. The van der Waals surface area contributed by atoms with Crippen molar-refractivity contribution in [2.24, 2.45) is 4.99 Å². The first-order valence-corrected chi connectivity index (χ1v) is 11.7. The van der Waals surface area contributed by atoms with Gasteiger partial charge in [-0.2, -0.15) is 0 Å². The molecule has 180 valence electrons. The Balaban J connectivity index is 0.00000306. The molecule has 0 aliphatic carbocycles. The van der Waals surface area contributed by atoms with E-state index < -0.39 is 0 Å². The van der Waals surface area contributed by atoms with Crippen molar-refractivity contribution in [3.63, 3.8) is 0 Å². The Morgan fingerprint density at radius 2 is 1.85 bits per heavy atom. The average Bonchev–Trinajstić information content (AvgIpc) is 3.16. The number of likely N-dealkylation sites (tertiary alicyclic amines) is 1. The molecule has 4 rings (SSSR count). The monoisotopic (exact) mass is 563 g/mol. The molecule has 3 heterocycles. The van der Waals surface area contributed by atoms with Gasteiger partial charge in [-0.3, -0.25) is 9.89 Å². The van der Waals surface area contributed by atoms with Gasteiger partial charge in [0.25, 0.3) is 0 Å². The zero-order valence-electron chi connectivity index (χ0n) is 20.1. The molecule has 2 aliphatic rings. The van der Waals surface area contributed by atoms with Crippen LogP contribution < -0.4 is 15.5 Å². The van der Waals surface area contributed by atoms with Crippen LogP contribution in [-0.4, -0.2) is 79.6 Å². The third-order valence-corrected chi connectivity index (χ3v) is 6.59. The Morgan fingerprint density at radius 1 is 1.09 bits per heavy atom. The van der Waals surface area contributed by atoms with E-state index in [1.165, 1.54) is 11.1 Å². The summed E-state index contributed by atoms with van der Waals surface area (Å²) in [5.41, 5.74) is 2.60. The fourth-order valence-corrected chi connectivity index (χ4v) is 4.59. The molecule has 0 radical (unpaired) electrons. The van der Waals surface area contributed by atoms with Gasteiger partial charge in [0.05, 0.1) is 0 Å². The van der Waals surface area contributed by atoms with Gasteiger partial charge in [-0.05, 0) is 43.7 Å². The Kier molecular flexibility index (Phi) is 9.76. The van der Waals surface area contributed by atoms with Crippen molar-refractivity contribution in [1.82, 2.24) is 25.4 Å². The number of likely N-dealkylation sites (N-methyl/N-ethyl adjacent to an activating group) is 1. The van der Waals surface area contributed by atoms with Crippen molar-refractivity contribution in [2.45, 2.75) is 38.5 Å². The molecule has 0 saturated carbocycles. The number of hydrogen-bond donors (Lipinski definition) is 2. The third kappa shape index (κ3) is 7.28. The number of nitrogens with zero attached hydrogens (tertiary/aromatic N) is 5. The highest BCUT2D eigenvalue weighted by Crippen LogP contribution is 2.20. The minimum Gasteiger partial charge on any atom is -0.354 e. The van der Waals surface area contributed by atoms with Crippen molar-refractivity contribution >= 4 is 35.8 Å². The maximum atomic E-state index is 4.60. The fourth-order valence-electron chi connectivity index (χ4n) is 4.59. The average molecular weight is 564 g/mol. The number of anilines is 1. The number of benzene rings is 1. The molecule has 2 aliphatic heterocycles. The molecule has 0 spiro atoms. The van der Waals surface area contributed by atoms with Gasteiger partial charge in [-0.15, -0.1) is 24.0 Å². The number of aromatic nitrogens is 1. The second kappa shape index (κ2) is 12.5. The Hall–Kier alpha value is -1.91. The Bertz CT molecular complexity index is 883. The number of nitrogens with one attached hydrogen (secondary N) is 2. The van der Waals surface area contributed by atoms with Crippen LogP contribution in [0.1, 0.15) is 24.5 Å². The van der Waals surface area contributed by atoms with Crippen LogP contribution in [0.15, 0.2) is 53.7 Å². The Morgan fingerprint density at radius 3 is 2.58 bits per heavy atom.